The van der Waals surface area contributed by atoms with Crippen molar-refractivity contribution in [3.05, 3.63) is 65.7 Å². The first-order chi connectivity index (χ1) is 14.4. The number of benzene rings is 2. The molecule has 0 spiro atoms. The Kier molecular flexibility index (Phi) is 8.01. The van der Waals surface area contributed by atoms with E-state index in [-0.39, 0.29) is 24.2 Å². The number of sulfonamides is 1. The lowest BCUT2D eigenvalue weighted by Crippen LogP contribution is -2.43. The largest absolute Gasteiger partial charge is 0.437 e. The summed E-state index contributed by atoms with van der Waals surface area (Å²) in [6.45, 7) is 1.72. The van der Waals surface area contributed by atoms with E-state index in [9.17, 15) is 13.2 Å². The summed E-state index contributed by atoms with van der Waals surface area (Å²) in [6.07, 6.45) is 5.66. The molecule has 0 heterocycles. The highest BCUT2D eigenvalue weighted by Crippen LogP contribution is 2.20. The smallest absolute Gasteiger partial charge is 0.326 e. The normalized spacial score (nSPS) is 16.2. The molecule has 0 aromatic heterocycles. The van der Waals surface area contributed by atoms with Crippen LogP contribution in [-0.4, -0.2) is 33.3 Å². The summed E-state index contributed by atoms with van der Waals surface area (Å²) < 4.78 is 39.1. The Bertz CT molecular complexity index is 906. The van der Waals surface area contributed by atoms with Gasteiger partial charge in [0.1, 0.15) is 6.04 Å². The molecule has 0 saturated heterocycles. The lowest BCUT2D eigenvalue weighted by molar-refractivity contribution is -0.164. The maximum Gasteiger partial charge on any atom is 0.326 e. The molecule has 30 heavy (non-hydrogen) atoms. The predicted molar refractivity (Wildman–Crippen MR) is 114 cm³/mol. The van der Waals surface area contributed by atoms with Gasteiger partial charge in [-0.1, -0.05) is 67.3 Å². The summed E-state index contributed by atoms with van der Waals surface area (Å²) in [5, 5.41) is 0. The van der Waals surface area contributed by atoms with E-state index in [4.69, 9.17) is 9.47 Å². The first-order valence-corrected chi connectivity index (χ1v) is 11.8. The quantitative estimate of drug-likeness (QED) is 0.483. The molecule has 0 bridgehead atoms. The summed E-state index contributed by atoms with van der Waals surface area (Å²) in [4.78, 5) is 12.8. The molecule has 0 radical (unpaired) electrons. The van der Waals surface area contributed by atoms with E-state index in [2.05, 4.69) is 4.72 Å². The molecule has 0 unspecified atom stereocenters. The maximum atomic E-state index is 12.8. The van der Waals surface area contributed by atoms with Crippen molar-refractivity contribution in [2.45, 2.75) is 62.5 Å². The van der Waals surface area contributed by atoms with Gasteiger partial charge in [-0.05, 0) is 43.9 Å². The van der Waals surface area contributed by atoms with Crippen LogP contribution in [0, 0.1) is 6.92 Å². The van der Waals surface area contributed by atoms with E-state index in [0.717, 1.165) is 36.8 Å². The van der Waals surface area contributed by atoms with Crippen molar-refractivity contribution in [1.82, 2.24) is 4.72 Å². The maximum absolute atomic E-state index is 12.8. The van der Waals surface area contributed by atoms with E-state index in [1.54, 1.807) is 12.1 Å². The highest BCUT2D eigenvalue weighted by atomic mass is 32.2. The molecule has 1 aliphatic carbocycles. The van der Waals surface area contributed by atoms with Crippen LogP contribution in [0.2, 0.25) is 0 Å². The summed E-state index contributed by atoms with van der Waals surface area (Å²) in [5.41, 5.74) is 1.79. The van der Waals surface area contributed by atoms with Crippen LogP contribution in [0.1, 0.15) is 43.2 Å². The Morgan fingerprint density at radius 3 is 2.37 bits per heavy atom. The number of esters is 1. The van der Waals surface area contributed by atoms with Crippen molar-refractivity contribution in [1.29, 1.82) is 0 Å². The number of hydrogen-bond donors (Lipinski definition) is 1. The molecule has 7 heteroatoms. The van der Waals surface area contributed by atoms with E-state index in [1.807, 2.05) is 37.3 Å². The Labute approximate surface area is 178 Å². The molecule has 1 atom stereocenters. The minimum absolute atomic E-state index is 0.100. The first kappa shape index (κ1) is 22.5. The summed E-state index contributed by atoms with van der Waals surface area (Å²) in [5.74, 6) is -0.648. The third-order valence-corrected chi connectivity index (χ3v) is 6.74. The van der Waals surface area contributed by atoms with Crippen LogP contribution in [0.3, 0.4) is 0 Å². The Hall–Kier alpha value is -2.22. The average Bonchev–Trinajstić information content (AvgIpc) is 2.75. The summed E-state index contributed by atoms with van der Waals surface area (Å²) >= 11 is 0. The van der Waals surface area contributed by atoms with Gasteiger partial charge >= 0.3 is 5.97 Å². The van der Waals surface area contributed by atoms with E-state index in [0.29, 0.717) is 0 Å². The van der Waals surface area contributed by atoms with Crippen LogP contribution in [0.15, 0.2) is 59.5 Å². The van der Waals surface area contributed by atoms with Crippen molar-refractivity contribution >= 4 is 16.0 Å². The van der Waals surface area contributed by atoms with Crippen LogP contribution in [-0.2, 0) is 30.7 Å². The van der Waals surface area contributed by atoms with Crippen LogP contribution in [0.5, 0.6) is 0 Å². The second-order valence-electron chi connectivity index (χ2n) is 7.68. The van der Waals surface area contributed by atoms with Crippen molar-refractivity contribution in [3.8, 4) is 0 Å². The van der Waals surface area contributed by atoms with Gasteiger partial charge in [0.05, 0.1) is 11.0 Å². The second-order valence-corrected chi connectivity index (χ2v) is 9.40. The zero-order valence-electron chi connectivity index (χ0n) is 17.3. The average molecular weight is 432 g/mol. The van der Waals surface area contributed by atoms with Crippen LogP contribution in [0.25, 0.3) is 0 Å². The van der Waals surface area contributed by atoms with E-state index < -0.39 is 22.0 Å². The van der Waals surface area contributed by atoms with E-state index >= 15 is 0 Å². The molecule has 1 saturated carbocycles. The number of nitrogens with one attached hydrogen (secondary N) is 1. The molecule has 162 valence electrons. The molecular weight excluding hydrogens is 402 g/mol. The lowest BCUT2D eigenvalue weighted by atomic mass is 9.98. The molecule has 0 aliphatic heterocycles. The monoisotopic (exact) mass is 431 g/mol. The van der Waals surface area contributed by atoms with Gasteiger partial charge in [-0.15, -0.1) is 0 Å². The van der Waals surface area contributed by atoms with Crippen molar-refractivity contribution in [2.24, 2.45) is 0 Å². The van der Waals surface area contributed by atoms with Gasteiger partial charge in [-0.3, -0.25) is 4.79 Å². The van der Waals surface area contributed by atoms with Gasteiger partial charge in [-0.25, -0.2) is 8.42 Å². The summed E-state index contributed by atoms with van der Waals surface area (Å²) in [7, 11) is -3.88. The van der Waals surface area contributed by atoms with Gasteiger partial charge in [0.2, 0.25) is 10.0 Å². The minimum atomic E-state index is -3.88. The minimum Gasteiger partial charge on any atom is -0.437 e. The van der Waals surface area contributed by atoms with Gasteiger partial charge < -0.3 is 9.47 Å². The fourth-order valence-electron chi connectivity index (χ4n) is 3.52. The van der Waals surface area contributed by atoms with Crippen LogP contribution < -0.4 is 4.72 Å². The number of aryl methyl sites for hydroxylation is 1. The highest BCUT2D eigenvalue weighted by Gasteiger charge is 2.27. The second kappa shape index (κ2) is 10.7. The number of carbonyl (C=O) groups is 1. The molecule has 0 amide bonds. The SMILES string of the molecule is Cc1ccc(S(=O)(=O)N[C@@H](Cc2ccccc2)C(=O)OCOC2CCCCC2)cc1. The number of ether oxygens (including phenoxy) is 2. The first-order valence-electron chi connectivity index (χ1n) is 10.4. The van der Waals surface area contributed by atoms with Crippen LogP contribution in [0.4, 0.5) is 0 Å². The molecular formula is C23H29NO5S. The zero-order chi connectivity index (χ0) is 21.4. The number of hydrogen-bond acceptors (Lipinski definition) is 5. The third-order valence-electron chi connectivity index (χ3n) is 5.25. The third kappa shape index (κ3) is 6.65. The van der Waals surface area contributed by atoms with Gasteiger partial charge in [0.25, 0.3) is 0 Å². The van der Waals surface area contributed by atoms with E-state index in [1.165, 1.54) is 18.6 Å². The molecule has 2 aromatic carbocycles. The summed E-state index contributed by atoms with van der Waals surface area (Å²) in [6, 6.07) is 14.7. The molecule has 1 fully saturated rings. The van der Waals surface area contributed by atoms with Crippen LogP contribution >= 0.6 is 0 Å². The molecule has 1 aliphatic rings. The highest BCUT2D eigenvalue weighted by molar-refractivity contribution is 7.89. The van der Waals surface area contributed by atoms with Gasteiger partial charge in [0, 0.05) is 0 Å². The zero-order valence-corrected chi connectivity index (χ0v) is 18.1. The Balaban J connectivity index is 1.67. The topological polar surface area (TPSA) is 81.7 Å². The molecule has 1 N–H and O–H groups in total. The Morgan fingerprint density at radius 2 is 1.70 bits per heavy atom. The van der Waals surface area contributed by atoms with Crippen molar-refractivity contribution in [2.75, 3.05) is 6.79 Å². The Morgan fingerprint density at radius 1 is 1.03 bits per heavy atom. The fraction of sp³-hybridized carbons (Fsp3) is 0.435. The number of carbonyl (C=O) groups excluding carboxylic acids is 1. The lowest BCUT2D eigenvalue weighted by Gasteiger charge is -2.23. The molecule has 2 aromatic rings. The molecule has 3 rings (SSSR count). The predicted octanol–water partition coefficient (Wildman–Crippen LogP) is 3.73. The molecule has 6 nitrogen and oxygen atoms in total. The van der Waals surface area contributed by atoms with Gasteiger partial charge in [0.15, 0.2) is 6.79 Å². The van der Waals surface area contributed by atoms with Crippen molar-refractivity contribution < 1.29 is 22.7 Å². The van der Waals surface area contributed by atoms with Crippen molar-refractivity contribution in [3.63, 3.8) is 0 Å². The fourth-order valence-corrected chi connectivity index (χ4v) is 4.70. The number of rotatable bonds is 9. The standard InChI is InChI=1S/C23H29NO5S/c1-18-12-14-21(15-13-18)30(26,27)24-22(16-19-8-4-2-5-9-19)23(25)29-17-28-20-10-6-3-7-11-20/h2,4-5,8-9,12-15,20,22,24H,3,6-7,10-11,16-17H2,1H3/t22-/m0/s1. The van der Waals surface area contributed by atoms with Gasteiger partial charge in [-0.2, -0.15) is 4.72 Å².